The van der Waals surface area contributed by atoms with Gasteiger partial charge >= 0.3 is 0 Å². The van der Waals surface area contributed by atoms with Crippen molar-refractivity contribution in [1.82, 2.24) is 0 Å². The minimum atomic E-state index is -0.510. The van der Waals surface area contributed by atoms with E-state index in [1.54, 1.807) is 5.57 Å². The van der Waals surface area contributed by atoms with E-state index in [-0.39, 0.29) is 0 Å². The Morgan fingerprint density at radius 1 is 1.38 bits per heavy atom. The maximum atomic E-state index is 10.4. The molecule has 92 valence electrons. The van der Waals surface area contributed by atoms with Gasteiger partial charge in [-0.2, -0.15) is 0 Å². The zero-order chi connectivity index (χ0) is 12.0. The molecule has 16 heavy (non-hydrogen) atoms. The molecule has 2 aliphatic carbocycles. The van der Waals surface area contributed by atoms with Crippen LogP contribution in [0.25, 0.3) is 0 Å². The van der Waals surface area contributed by atoms with Gasteiger partial charge < -0.3 is 5.11 Å². The van der Waals surface area contributed by atoms with Crippen LogP contribution in [-0.4, -0.2) is 10.7 Å². The van der Waals surface area contributed by atoms with Crippen LogP contribution < -0.4 is 0 Å². The highest BCUT2D eigenvalue weighted by atomic mass is 16.3. The molecule has 2 rings (SSSR count). The van der Waals surface area contributed by atoms with Crippen molar-refractivity contribution in [2.45, 2.75) is 65.4 Å². The Bertz CT molecular complexity index is 297. The Kier molecular flexibility index (Phi) is 2.94. The molecule has 1 heteroatoms. The standard InChI is InChI=1S/C15H26O/c1-11-7-9-15(10-8-11)12(2)5-6-13(15)14(3,4)16/h7,12-13,16H,5-6,8-10H2,1-4H3/t12-,13-,15-/m0/s1. The quantitative estimate of drug-likeness (QED) is 0.667. The number of rotatable bonds is 1. The van der Waals surface area contributed by atoms with Crippen molar-refractivity contribution >= 4 is 0 Å². The van der Waals surface area contributed by atoms with Gasteiger partial charge in [-0.1, -0.05) is 18.6 Å². The lowest BCUT2D eigenvalue weighted by Gasteiger charge is -2.46. The molecule has 1 saturated carbocycles. The second-order valence-corrected chi connectivity index (χ2v) is 6.67. The predicted molar refractivity (Wildman–Crippen MR) is 68.2 cm³/mol. The zero-order valence-electron chi connectivity index (χ0n) is 11.2. The summed E-state index contributed by atoms with van der Waals surface area (Å²) in [6.45, 7) is 8.64. The smallest absolute Gasteiger partial charge is 0.0625 e. The topological polar surface area (TPSA) is 20.2 Å². The third-order valence-corrected chi connectivity index (χ3v) is 5.23. The Balaban J connectivity index is 2.29. The average Bonchev–Trinajstić information content (AvgIpc) is 2.49. The largest absolute Gasteiger partial charge is 0.390 e. The predicted octanol–water partition coefficient (Wildman–Crippen LogP) is 3.92. The van der Waals surface area contributed by atoms with Gasteiger partial charge in [0.2, 0.25) is 0 Å². The summed E-state index contributed by atoms with van der Waals surface area (Å²) < 4.78 is 0. The Morgan fingerprint density at radius 3 is 2.56 bits per heavy atom. The molecule has 0 bridgehead atoms. The summed E-state index contributed by atoms with van der Waals surface area (Å²) in [6.07, 6.45) is 8.62. The molecule has 0 radical (unpaired) electrons. The van der Waals surface area contributed by atoms with Gasteiger partial charge in [-0.3, -0.25) is 0 Å². The first kappa shape index (κ1) is 12.2. The fraction of sp³-hybridized carbons (Fsp3) is 0.867. The van der Waals surface area contributed by atoms with Crippen LogP contribution in [0, 0.1) is 17.3 Å². The first-order valence-electron chi connectivity index (χ1n) is 6.74. The number of hydrogen-bond donors (Lipinski definition) is 1. The second-order valence-electron chi connectivity index (χ2n) is 6.67. The molecule has 1 fully saturated rings. The fourth-order valence-electron chi connectivity index (χ4n) is 4.15. The first-order valence-corrected chi connectivity index (χ1v) is 6.74. The summed E-state index contributed by atoms with van der Waals surface area (Å²) >= 11 is 0. The highest BCUT2D eigenvalue weighted by Gasteiger charge is 2.52. The van der Waals surface area contributed by atoms with Crippen LogP contribution in [0.5, 0.6) is 0 Å². The van der Waals surface area contributed by atoms with E-state index in [0.717, 1.165) is 5.92 Å². The van der Waals surface area contributed by atoms with Crippen LogP contribution >= 0.6 is 0 Å². The fourth-order valence-corrected chi connectivity index (χ4v) is 4.15. The van der Waals surface area contributed by atoms with E-state index < -0.39 is 5.60 Å². The minimum Gasteiger partial charge on any atom is -0.390 e. The summed E-state index contributed by atoms with van der Waals surface area (Å²) in [4.78, 5) is 0. The summed E-state index contributed by atoms with van der Waals surface area (Å²) in [5.74, 6) is 1.26. The van der Waals surface area contributed by atoms with Gasteiger partial charge in [0.05, 0.1) is 5.60 Å². The highest BCUT2D eigenvalue weighted by molar-refractivity contribution is 5.13. The van der Waals surface area contributed by atoms with Crippen molar-refractivity contribution in [2.75, 3.05) is 0 Å². The van der Waals surface area contributed by atoms with E-state index in [0.29, 0.717) is 11.3 Å². The lowest BCUT2D eigenvalue weighted by molar-refractivity contribution is -0.0507. The number of hydrogen-bond acceptors (Lipinski definition) is 1. The van der Waals surface area contributed by atoms with E-state index in [1.807, 2.05) is 13.8 Å². The Hall–Kier alpha value is -0.300. The lowest BCUT2D eigenvalue weighted by Crippen LogP contribution is -2.43. The molecule has 0 amide bonds. The number of aliphatic hydroxyl groups is 1. The summed E-state index contributed by atoms with van der Waals surface area (Å²) in [7, 11) is 0. The minimum absolute atomic E-state index is 0.387. The molecular weight excluding hydrogens is 196 g/mol. The van der Waals surface area contributed by atoms with Gasteiger partial charge in [0.25, 0.3) is 0 Å². The summed E-state index contributed by atoms with van der Waals surface area (Å²) in [6, 6.07) is 0. The molecule has 0 heterocycles. The van der Waals surface area contributed by atoms with Crippen molar-refractivity contribution in [3.05, 3.63) is 11.6 Å². The second kappa shape index (κ2) is 3.87. The van der Waals surface area contributed by atoms with E-state index in [2.05, 4.69) is 19.9 Å². The van der Waals surface area contributed by atoms with Crippen molar-refractivity contribution in [3.8, 4) is 0 Å². The van der Waals surface area contributed by atoms with Crippen LogP contribution in [0.1, 0.15) is 59.8 Å². The van der Waals surface area contributed by atoms with Gasteiger partial charge in [0, 0.05) is 0 Å². The Morgan fingerprint density at radius 2 is 2.06 bits per heavy atom. The summed E-state index contributed by atoms with van der Waals surface area (Å²) in [5, 5.41) is 10.4. The van der Waals surface area contributed by atoms with Gasteiger partial charge in [-0.25, -0.2) is 0 Å². The Labute approximate surface area is 99.9 Å². The monoisotopic (exact) mass is 222 g/mol. The molecule has 0 saturated heterocycles. The van der Waals surface area contributed by atoms with Crippen molar-refractivity contribution < 1.29 is 5.11 Å². The lowest BCUT2D eigenvalue weighted by atomic mass is 9.60. The summed E-state index contributed by atoms with van der Waals surface area (Å²) in [5.41, 5.74) is 1.42. The van der Waals surface area contributed by atoms with Crippen LogP contribution in [0.3, 0.4) is 0 Å². The SMILES string of the molecule is CC1=CC[C@]2(CC1)[C@@H](C)CC[C@H]2C(C)(C)O. The number of allylic oxidation sites excluding steroid dienone is 2. The van der Waals surface area contributed by atoms with Gasteiger partial charge in [0.15, 0.2) is 0 Å². The molecule has 3 atom stereocenters. The molecule has 0 aromatic rings. The highest BCUT2D eigenvalue weighted by Crippen LogP contribution is 2.58. The maximum Gasteiger partial charge on any atom is 0.0625 e. The zero-order valence-corrected chi connectivity index (χ0v) is 11.2. The van der Waals surface area contributed by atoms with E-state index >= 15 is 0 Å². The molecular formula is C15H26O. The van der Waals surface area contributed by atoms with Crippen molar-refractivity contribution in [1.29, 1.82) is 0 Å². The van der Waals surface area contributed by atoms with E-state index in [1.165, 1.54) is 32.1 Å². The van der Waals surface area contributed by atoms with Crippen LogP contribution in [0.2, 0.25) is 0 Å². The molecule has 0 aromatic carbocycles. The van der Waals surface area contributed by atoms with Crippen LogP contribution in [-0.2, 0) is 0 Å². The average molecular weight is 222 g/mol. The molecule has 1 nitrogen and oxygen atoms in total. The molecule has 0 unspecified atom stereocenters. The molecule has 2 aliphatic rings. The normalized spacial score (nSPS) is 40.2. The van der Waals surface area contributed by atoms with Crippen LogP contribution in [0.15, 0.2) is 11.6 Å². The molecule has 1 spiro atoms. The van der Waals surface area contributed by atoms with Crippen molar-refractivity contribution in [2.24, 2.45) is 17.3 Å². The van der Waals surface area contributed by atoms with E-state index in [9.17, 15) is 5.11 Å². The molecule has 0 aromatic heterocycles. The van der Waals surface area contributed by atoms with E-state index in [4.69, 9.17) is 0 Å². The van der Waals surface area contributed by atoms with Gasteiger partial charge in [-0.05, 0) is 70.1 Å². The van der Waals surface area contributed by atoms with Gasteiger partial charge in [-0.15, -0.1) is 0 Å². The first-order chi connectivity index (χ1) is 7.36. The third-order valence-electron chi connectivity index (χ3n) is 5.23. The molecule has 0 aliphatic heterocycles. The van der Waals surface area contributed by atoms with Crippen molar-refractivity contribution in [3.63, 3.8) is 0 Å². The van der Waals surface area contributed by atoms with Gasteiger partial charge in [0.1, 0.15) is 0 Å². The maximum absolute atomic E-state index is 10.4. The van der Waals surface area contributed by atoms with Crippen LogP contribution in [0.4, 0.5) is 0 Å². The molecule has 1 N–H and O–H groups in total. The third kappa shape index (κ3) is 1.84.